The molecule has 0 aliphatic heterocycles. The van der Waals surface area contributed by atoms with Crippen molar-refractivity contribution >= 4 is 11.9 Å². The fourth-order valence-corrected chi connectivity index (χ4v) is 1.70. The molecule has 5 nitrogen and oxygen atoms in total. The van der Waals surface area contributed by atoms with Crippen LogP contribution < -0.4 is 5.32 Å². The summed E-state index contributed by atoms with van der Waals surface area (Å²) in [6, 6.07) is 3.58. The van der Waals surface area contributed by atoms with Gasteiger partial charge in [-0.05, 0) is 24.5 Å². The molecule has 0 saturated heterocycles. The van der Waals surface area contributed by atoms with Gasteiger partial charge in [0.15, 0.2) is 0 Å². The number of aliphatic carboxylic acids is 1. The number of amides is 1. The van der Waals surface area contributed by atoms with E-state index in [0.29, 0.717) is 0 Å². The number of pyridine rings is 1. The zero-order valence-corrected chi connectivity index (χ0v) is 10.6. The molecule has 0 saturated carbocycles. The summed E-state index contributed by atoms with van der Waals surface area (Å²) in [7, 11) is 0. The number of aromatic nitrogens is 1. The summed E-state index contributed by atoms with van der Waals surface area (Å²) in [6.07, 6.45) is 3.60. The smallest absolute Gasteiger partial charge is 0.303 e. The van der Waals surface area contributed by atoms with Crippen LogP contribution in [0.2, 0.25) is 0 Å². The lowest BCUT2D eigenvalue weighted by molar-refractivity contribution is -0.138. The maximum atomic E-state index is 11.7. The Hall–Kier alpha value is -1.91. The molecule has 0 aliphatic rings. The second kappa shape index (κ2) is 6.74. The van der Waals surface area contributed by atoms with Crippen LogP contribution >= 0.6 is 0 Å². The van der Waals surface area contributed by atoms with Gasteiger partial charge < -0.3 is 10.4 Å². The third kappa shape index (κ3) is 4.95. The Balaban J connectivity index is 2.43. The van der Waals surface area contributed by atoms with E-state index < -0.39 is 5.97 Å². The maximum absolute atomic E-state index is 11.7. The Bertz CT molecular complexity index is 406. The minimum Gasteiger partial charge on any atom is -0.481 e. The van der Waals surface area contributed by atoms with E-state index in [0.717, 1.165) is 5.56 Å². The number of hydrogen-bond donors (Lipinski definition) is 2. The number of carbonyl (C=O) groups excluding carboxylic acids is 1. The summed E-state index contributed by atoms with van der Waals surface area (Å²) >= 11 is 0. The van der Waals surface area contributed by atoms with Crippen LogP contribution in [0.4, 0.5) is 0 Å². The molecule has 1 rings (SSSR count). The molecule has 2 atom stereocenters. The lowest BCUT2D eigenvalue weighted by Gasteiger charge is -2.15. The summed E-state index contributed by atoms with van der Waals surface area (Å²) in [6.45, 7) is 3.62. The molecule has 0 radical (unpaired) electrons. The standard InChI is InChI=1S/C13H18N2O3/c1-9(7-13(17)18)6-12(16)15-10(2)11-4-3-5-14-8-11/h3-5,8-10H,6-7H2,1-2H3,(H,15,16)(H,17,18)/t9?,10-/m0/s1. The van der Waals surface area contributed by atoms with E-state index >= 15 is 0 Å². The van der Waals surface area contributed by atoms with E-state index in [1.54, 1.807) is 19.3 Å². The summed E-state index contributed by atoms with van der Waals surface area (Å²) in [4.78, 5) is 26.2. The Labute approximate surface area is 106 Å². The van der Waals surface area contributed by atoms with Gasteiger partial charge in [0.1, 0.15) is 0 Å². The topological polar surface area (TPSA) is 79.3 Å². The second-order valence-electron chi connectivity index (χ2n) is 4.48. The number of carboxylic acids is 1. The number of nitrogens with zero attached hydrogens (tertiary/aromatic N) is 1. The van der Waals surface area contributed by atoms with E-state index in [9.17, 15) is 9.59 Å². The van der Waals surface area contributed by atoms with E-state index in [1.807, 2.05) is 19.1 Å². The Kier molecular flexibility index (Phi) is 5.30. The van der Waals surface area contributed by atoms with Gasteiger partial charge in [-0.1, -0.05) is 13.0 Å². The van der Waals surface area contributed by atoms with Crippen molar-refractivity contribution in [3.63, 3.8) is 0 Å². The van der Waals surface area contributed by atoms with Crippen LogP contribution in [-0.4, -0.2) is 22.0 Å². The van der Waals surface area contributed by atoms with Gasteiger partial charge in [0.25, 0.3) is 0 Å². The predicted molar refractivity (Wildman–Crippen MR) is 66.8 cm³/mol. The lowest BCUT2D eigenvalue weighted by Crippen LogP contribution is -2.28. The first-order valence-corrected chi connectivity index (χ1v) is 5.90. The molecular formula is C13H18N2O3. The number of rotatable bonds is 6. The van der Waals surface area contributed by atoms with E-state index in [4.69, 9.17) is 5.11 Å². The first kappa shape index (κ1) is 14.2. The third-order valence-electron chi connectivity index (χ3n) is 2.62. The Morgan fingerprint density at radius 1 is 1.39 bits per heavy atom. The number of carbonyl (C=O) groups is 2. The highest BCUT2D eigenvalue weighted by Crippen LogP contribution is 2.12. The van der Waals surface area contributed by atoms with Gasteiger partial charge >= 0.3 is 5.97 Å². The van der Waals surface area contributed by atoms with Gasteiger partial charge in [-0.25, -0.2) is 0 Å². The minimum absolute atomic E-state index is 0.00862. The van der Waals surface area contributed by atoms with E-state index in [-0.39, 0.29) is 30.7 Å². The van der Waals surface area contributed by atoms with E-state index in [1.165, 1.54) is 0 Å². The lowest BCUT2D eigenvalue weighted by atomic mass is 10.0. The van der Waals surface area contributed by atoms with Crippen molar-refractivity contribution in [1.82, 2.24) is 10.3 Å². The SMILES string of the molecule is CC(CC(=O)O)CC(=O)N[C@@H](C)c1cccnc1. The fourth-order valence-electron chi connectivity index (χ4n) is 1.70. The Morgan fingerprint density at radius 2 is 2.11 bits per heavy atom. The molecule has 0 aliphatic carbocycles. The summed E-state index contributed by atoms with van der Waals surface area (Å²) in [5.74, 6) is -1.18. The quantitative estimate of drug-likeness (QED) is 0.806. The highest BCUT2D eigenvalue weighted by atomic mass is 16.4. The molecule has 98 valence electrons. The van der Waals surface area contributed by atoms with Crippen molar-refractivity contribution in [2.75, 3.05) is 0 Å². The third-order valence-corrected chi connectivity index (χ3v) is 2.62. The van der Waals surface area contributed by atoms with Gasteiger partial charge in [-0.3, -0.25) is 14.6 Å². The molecule has 0 fully saturated rings. The van der Waals surface area contributed by atoms with Crippen molar-refractivity contribution in [1.29, 1.82) is 0 Å². The molecule has 18 heavy (non-hydrogen) atoms. The molecule has 5 heteroatoms. The van der Waals surface area contributed by atoms with E-state index in [2.05, 4.69) is 10.3 Å². The summed E-state index contributed by atoms with van der Waals surface area (Å²) in [5, 5.41) is 11.4. The van der Waals surface area contributed by atoms with Crippen LogP contribution in [0, 0.1) is 5.92 Å². The van der Waals surface area contributed by atoms with Crippen molar-refractivity contribution in [3.8, 4) is 0 Å². The van der Waals surface area contributed by atoms with Gasteiger partial charge in [0.05, 0.1) is 6.04 Å². The highest BCUT2D eigenvalue weighted by Gasteiger charge is 2.15. The molecule has 0 aromatic carbocycles. The fraction of sp³-hybridized carbons (Fsp3) is 0.462. The second-order valence-corrected chi connectivity index (χ2v) is 4.48. The number of hydrogen-bond acceptors (Lipinski definition) is 3. The van der Waals surface area contributed by atoms with Crippen molar-refractivity contribution in [2.45, 2.75) is 32.7 Å². The van der Waals surface area contributed by atoms with Gasteiger partial charge in [-0.2, -0.15) is 0 Å². The normalized spacial score (nSPS) is 13.7. The monoisotopic (exact) mass is 250 g/mol. The summed E-state index contributed by atoms with van der Waals surface area (Å²) in [5.41, 5.74) is 0.928. The van der Waals surface area contributed by atoms with Crippen molar-refractivity contribution in [2.24, 2.45) is 5.92 Å². The molecule has 1 unspecified atom stereocenters. The molecule has 0 bridgehead atoms. The van der Waals surface area contributed by atoms with Crippen LogP contribution in [0.5, 0.6) is 0 Å². The average Bonchev–Trinajstić information content (AvgIpc) is 2.28. The molecule has 0 spiro atoms. The molecule has 1 amide bonds. The van der Waals surface area contributed by atoms with Gasteiger partial charge in [0.2, 0.25) is 5.91 Å². The molecule has 1 heterocycles. The molecule has 2 N–H and O–H groups in total. The zero-order valence-electron chi connectivity index (χ0n) is 10.6. The van der Waals surface area contributed by atoms with Crippen LogP contribution in [0.25, 0.3) is 0 Å². The minimum atomic E-state index is -0.879. The zero-order chi connectivity index (χ0) is 13.5. The number of nitrogens with one attached hydrogen (secondary N) is 1. The maximum Gasteiger partial charge on any atom is 0.303 e. The predicted octanol–water partition coefficient (Wildman–Crippen LogP) is 1.76. The van der Waals surface area contributed by atoms with Crippen LogP contribution in [0.3, 0.4) is 0 Å². The largest absolute Gasteiger partial charge is 0.481 e. The summed E-state index contributed by atoms with van der Waals surface area (Å²) < 4.78 is 0. The van der Waals surface area contributed by atoms with Gasteiger partial charge in [-0.15, -0.1) is 0 Å². The first-order valence-electron chi connectivity index (χ1n) is 5.90. The number of carboxylic acid groups (broad SMARTS) is 1. The average molecular weight is 250 g/mol. The van der Waals surface area contributed by atoms with Crippen molar-refractivity contribution < 1.29 is 14.7 Å². The first-order chi connectivity index (χ1) is 8.49. The van der Waals surface area contributed by atoms with Crippen LogP contribution in [-0.2, 0) is 9.59 Å². The van der Waals surface area contributed by atoms with Crippen molar-refractivity contribution in [3.05, 3.63) is 30.1 Å². The van der Waals surface area contributed by atoms with Crippen LogP contribution in [0.1, 0.15) is 38.3 Å². The Morgan fingerprint density at radius 3 is 2.67 bits per heavy atom. The molecular weight excluding hydrogens is 232 g/mol. The van der Waals surface area contributed by atoms with Crippen LogP contribution in [0.15, 0.2) is 24.5 Å². The van der Waals surface area contributed by atoms with Gasteiger partial charge in [0, 0.05) is 25.2 Å². The molecule has 1 aromatic heterocycles. The highest BCUT2D eigenvalue weighted by molar-refractivity contribution is 5.77. The molecule has 1 aromatic rings.